The van der Waals surface area contributed by atoms with Gasteiger partial charge in [-0.2, -0.15) is 0 Å². The molecule has 20 heavy (non-hydrogen) atoms. The summed E-state index contributed by atoms with van der Waals surface area (Å²) in [4.78, 5) is 13.0. The Labute approximate surface area is 119 Å². The fourth-order valence-corrected chi connectivity index (χ4v) is 2.74. The molecule has 1 aliphatic rings. The van der Waals surface area contributed by atoms with E-state index in [1.54, 1.807) is 12.1 Å². The molecule has 1 aromatic carbocycles. The first-order valence-electron chi connectivity index (χ1n) is 7.34. The zero-order chi connectivity index (χ0) is 14.5. The molecule has 5 heteroatoms. The number of rotatable bonds is 5. The van der Waals surface area contributed by atoms with E-state index in [1.165, 1.54) is 12.8 Å². The summed E-state index contributed by atoms with van der Waals surface area (Å²) in [6.45, 7) is 4.96. The van der Waals surface area contributed by atoms with Crippen LogP contribution in [0.3, 0.4) is 0 Å². The molecule has 0 saturated carbocycles. The van der Waals surface area contributed by atoms with E-state index in [0.29, 0.717) is 6.54 Å². The summed E-state index contributed by atoms with van der Waals surface area (Å²) in [7, 11) is 0. The lowest BCUT2D eigenvalue weighted by atomic mass is 9.97. The van der Waals surface area contributed by atoms with Gasteiger partial charge in [0.25, 0.3) is 5.69 Å². The van der Waals surface area contributed by atoms with E-state index in [1.807, 2.05) is 6.07 Å². The van der Waals surface area contributed by atoms with Crippen molar-refractivity contribution in [3.63, 3.8) is 0 Å². The Balaban J connectivity index is 2.23. The number of hydrogen-bond donors (Lipinski definition) is 1. The summed E-state index contributed by atoms with van der Waals surface area (Å²) in [5.74, 6) is 0.775. The molecule has 2 rings (SSSR count). The van der Waals surface area contributed by atoms with E-state index >= 15 is 0 Å². The zero-order valence-corrected chi connectivity index (χ0v) is 12.0. The topological polar surface area (TPSA) is 72.4 Å². The van der Waals surface area contributed by atoms with Crippen LogP contribution in [-0.2, 0) is 6.42 Å². The van der Waals surface area contributed by atoms with E-state index in [0.717, 1.165) is 43.1 Å². The molecule has 0 bridgehead atoms. The van der Waals surface area contributed by atoms with E-state index < -0.39 is 0 Å². The molecular formula is C15H23N3O2. The number of hydrogen-bond acceptors (Lipinski definition) is 4. The van der Waals surface area contributed by atoms with Gasteiger partial charge in [-0.15, -0.1) is 0 Å². The Hall–Kier alpha value is -1.62. The van der Waals surface area contributed by atoms with Gasteiger partial charge in [0.05, 0.1) is 4.92 Å². The van der Waals surface area contributed by atoms with Crippen molar-refractivity contribution in [1.29, 1.82) is 0 Å². The summed E-state index contributed by atoms with van der Waals surface area (Å²) in [5, 5.41) is 10.9. The van der Waals surface area contributed by atoms with Crippen molar-refractivity contribution in [3.8, 4) is 0 Å². The van der Waals surface area contributed by atoms with Crippen LogP contribution in [0.15, 0.2) is 18.2 Å². The quantitative estimate of drug-likeness (QED) is 0.663. The second kappa shape index (κ2) is 6.70. The maximum Gasteiger partial charge on any atom is 0.269 e. The molecule has 1 aliphatic heterocycles. The predicted octanol–water partition coefficient (Wildman–Crippen LogP) is 2.72. The Kier molecular flexibility index (Phi) is 4.95. The first-order valence-corrected chi connectivity index (χ1v) is 7.34. The zero-order valence-electron chi connectivity index (χ0n) is 12.0. The fourth-order valence-electron chi connectivity index (χ4n) is 2.74. The highest BCUT2D eigenvalue weighted by atomic mass is 16.6. The Bertz CT molecular complexity index is 468. The van der Waals surface area contributed by atoms with Gasteiger partial charge in [0, 0.05) is 30.9 Å². The Morgan fingerprint density at radius 3 is 2.70 bits per heavy atom. The lowest BCUT2D eigenvalue weighted by Gasteiger charge is -2.33. The predicted molar refractivity (Wildman–Crippen MR) is 81.1 cm³/mol. The Morgan fingerprint density at radius 2 is 2.10 bits per heavy atom. The van der Waals surface area contributed by atoms with Crippen LogP contribution in [-0.4, -0.2) is 24.6 Å². The third kappa shape index (κ3) is 3.48. The number of nitrogens with zero attached hydrogens (tertiary/aromatic N) is 2. The number of nitro benzene ring substituents is 1. The van der Waals surface area contributed by atoms with Gasteiger partial charge >= 0.3 is 0 Å². The molecule has 0 atom stereocenters. The van der Waals surface area contributed by atoms with Crippen LogP contribution >= 0.6 is 0 Å². The maximum absolute atomic E-state index is 10.9. The molecule has 5 nitrogen and oxygen atoms in total. The molecule has 1 heterocycles. The van der Waals surface area contributed by atoms with E-state index in [4.69, 9.17) is 5.73 Å². The monoisotopic (exact) mass is 277 g/mol. The van der Waals surface area contributed by atoms with Crippen LogP contribution in [0.25, 0.3) is 0 Å². The molecule has 1 fully saturated rings. The second-order valence-corrected chi connectivity index (χ2v) is 5.63. The molecule has 1 aromatic rings. The van der Waals surface area contributed by atoms with Crippen LogP contribution in [0.4, 0.5) is 11.4 Å². The largest absolute Gasteiger partial charge is 0.371 e. The van der Waals surface area contributed by atoms with Crippen LogP contribution in [0.1, 0.15) is 31.7 Å². The average molecular weight is 277 g/mol. The molecule has 0 aromatic heterocycles. The molecule has 0 aliphatic carbocycles. The summed E-state index contributed by atoms with van der Waals surface area (Å²) in [5.41, 5.74) is 7.95. The van der Waals surface area contributed by atoms with Gasteiger partial charge in [0.15, 0.2) is 0 Å². The number of benzene rings is 1. The third-order valence-electron chi connectivity index (χ3n) is 4.05. The smallest absolute Gasteiger partial charge is 0.269 e. The highest BCUT2D eigenvalue weighted by Gasteiger charge is 2.20. The number of non-ortho nitro benzene ring substituents is 1. The molecule has 0 spiro atoms. The van der Waals surface area contributed by atoms with Crippen LogP contribution in [0.2, 0.25) is 0 Å². The first-order chi connectivity index (χ1) is 9.61. The molecule has 110 valence electrons. The van der Waals surface area contributed by atoms with Crippen molar-refractivity contribution in [1.82, 2.24) is 0 Å². The second-order valence-electron chi connectivity index (χ2n) is 5.63. The van der Waals surface area contributed by atoms with E-state index in [-0.39, 0.29) is 10.6 Å². The summed E-state index contributed by atoms with van der Waals surface area (Å²) < 4.78 is 0. The van der Waals surface area contributed by atoms with Gasteiger partial charge in [-0.25, -0.2) is 0 Å². The third-order valence-corrected chi connectivity index (χ3v) is 4.05. The highest BCUT2D eigenvalue weighted by molar-refractivity contribution is 5.58. The summed E-state index contributed by atoms with van der Waals surface area (Å²) in [6.07, 6.45) is 4.04. The number of anilines is 1. The number of nitro groups is 1. The Morgan fingerprint density at radius 1 is 1.40 bits per heavy atom. The van der Waals surface area contributed by atoms with Crippen LogP contribution in [0, 0.1) is 16.0 Å². The van der Waals surface area contributed by atoms with Crippen molar-refractivity contribution in [3.05, 3.63) is 33.9 Å². The van der Waals surface area contributed by atoms with Crippen molar-refractivity contribution in [2.45, 2.75) is 32.6 Å². The standard InChI is InChI=1S/C15H23N3O2/c1-12-6-9-17(10-7-12)15-5-4-14(18(19)20)11-13(15)3-2-8-16/h4-5,11-12H,2-3,6-10,16H2,1H3. The summed E-state index contributed by atoms with van der Waals surface area (Å²) in [6, 6.07) is 5.22. The molecule has 0 amide bonds. The van der Waals surface area contributed by atoms with E-state index in [9.17, 15) is 10.1 Å². The minimum absolute atomic E-state index is 0.172. The lowest BCUT2D eigenvalue weighted by molar-refractivity contribution is -0.384. The van der Waals surface area contributed by atoms with Crippen molar-refractivity contribution < 1.29 is 4.92 Å². The minimum atomic E-state index is -0.325. The molecular weight excluding hydrogens is 254 g/mol. The molecule has 0 unspecified atom stereocenters. The number of aryl methyl sites for hydroxylation is 1. The molecule has 0 radical (unpaired) electrons. The number of piperidine rings is 1. The molecule has 1 saturated heterocycles. The van der Waals surface area contributed by atoms with Gasteiger partial charge < -0.3 is 10.6 Å². The normalized spacial score (nSPS) is 16.4. The minimum Gasteiger partial charge on any atom is -0.371 e. The van der Waals surface area contributed by atoms with Crippen molar-refractivity contribution >= 4 is 11.4 Å². The number of nitrogens with two attached hydrogens (primary N) is 1. The molecule has 2 N–H and O–H groups in total. The van der Waals surface area contributed by atoms with Crippen LogP contribution < -0.4 is 10.6 Å². The summed E-state index contributed by atoms with van der Waals surface area (Å²) >= 11 is 0. The first kappa shape index (κ1) is 14.8. The van der Waals surface area contributed by atoms with Gasteiger partial charge in [0.1, 0.15) is 0 Å². The van der Waals surface area contributed by atoms with Gasteiger partial charge in [-0.1, -0.05) is 6.92 Å². The van der Waals surface area contributed by atoms with Crippen LogP contribution in [0.5, 0.6) is 0 Å². The van der Waals surface area contributed by atoms with Gasteiger partial charge in [-0.3, -0.25) is 10.1 Å². The highest BCUT2D eigenvalue weighted by Crippen LogP contribution is 2.30. The van der Waals surface area contributed by atoms with Crippen molar-refractivity contribution in [2.75, 3.05) is 24.5 Å². The fraction of sp³-hybridized carbons (Fsp3) is 0.600. The lowest BCUT2D eigenvalue weighted by Crippen LogP contribution is -2.33. The van der Waals surface area contributed by atoms with Gasteiger partial charge in [0.2, 0.25) is 0 Å². The SMILES string of the molecule is CC1CCN(c2ccc([N+](=O)[O-])cc2CCCN)CC1. The van der Waals surface area contributed by atoms with E-state index in [2.05, 4.69) is 11.8 Å². The van der Waals surface area contributed by atoms with Crippen molar-refractivity contribution in [2.24, 2.45) is 11.7 Å². The average Bonchev–Trinajstić information content (AvgIpc) is 2.45. The van der Waals surface area contributed by atoms with Gasteiger partial charge in [-0.05, 0) is 49.8 Å². The maximum atomic E-state index is 10.9.